The normalized spacial score (nSPS) is 16.9. The van der Waals surface area contributed by atoms with E-state index in [2.05, 4.69) is 12.1 Å². The summed E-state index contributed by atoms with van der Waals surface area (Å²) >= 11 is 0. The van der Waals surface area contributed by atoms with Crippen LogP contribution in [-0.4, -0.2) is 36.9 Å². The molecule has 0 aliphatic carbocycles. The maximum absolute atomic E-state index is 11.9. The van der Waals surface area contributed by atoms with Crippen molar-refractivity contribution in [3.63, 3.8) is 0 Å². The fourth-order valence-electron chi connectivity index (χ4n) is 2.27. The summed E-state index contributed by atoms with van der Waals surface area (Å²) in [7, 11) is 1.98. The summed E-state index contributed by atoms with van der Waals surface area (Å²) < 4.78 is 0. The summed E-state index contributed by atoms with van der Waals surface area (Å²) in [5.74, 6) is -0.0709. The monoisotopic (exact) mass is 247 g/mol. The van der Waals surface area contributed by atoms with Crippen molar-refractivity contribution in [3.05, 3.63) is 35.9 Å². The molecule has 1 saturated heterocycles. The van der Waals surface area contributed by atoms with Crippen LogP contribution in [0.1, 0.15) is 18.4 Å². The van der Waals surface area contributed by atoms with E-state index in [0.29, 0.717) is 19.5 Å². The van der Waals surface area contributed by atoms with Gasteiger partial charge < -0.3 is 4.90 Å². The Kier molecular flexibility index (Phi) is 4.10. The predicted octanol–water partition coefficient (Wildman–Crippen LogP) is -0.150. The van der Waals surface area contributed by atoms with Crippen molar-refractivity contribution < 1.29 is 14.5 Å². The molecule has 18 heavy (non-hydrogen) atoms. The van der Waals surface area contributed by atoms with E-state index in [1.54, 1.807) is 0 Å². The molecule has 2 amide bonds. The maximum atomic E-state index is 11.9. The fourth-order valence-corrected chi connectivity index (χ4v) is 2.27. The lowest BCUT2D eigenvalue weighted by molar-refractivity contribution is -0.885. The molecule has 0 saturated carbocycles. The van der Waals surface area contributed by atoms with Crippen LogP contribution in [0.15, 0.2) is 30.3 Å². The van der Waals surface area contributed by atoms with Crippen LogP contribution in [0.5, 0.6) is 0 Å². The van der Waals surface area contributed by atoms with Crippen LogP contribution < -0.4 is 4.90 Å². The first-order valence-electron chi connectivity index (χ1n) is 6.35. The standard InChI is InChI=1S/C14H18N2O2/c1-15(10-12-6-3-2-4-7-12)11-14(18)16-9-5-8-13(16)17/h2-4,6-7H,5,8-11H2,1H3/p+1. The zero-order valence-corrected chi connectivity index (χ0v) is 10.7. The minimum Gasteiger partial charge on any atom is -0.326 e. The second kappa shape index (κ2) is 5.78. The molecule has 2 rings (SSSR count). The molecule has 1 heterocycles. The van der Waals surface area contributed by atoms with Gasteiger partial charge in [-0.2, -0.15) is 0 Å². The number of benzene rings is 1. The van der Waals surface area contributed by atoms with Gasteiger partial charge in [0.25, 0.3) is 5.91 Å². The van der Waals surface area contributed by atoms with Crippen LogP contribution in [0.2, 0.25) is 0 Å². The molecular weight excluding hydrogens is 228 g/mol. The van der Waals surface area contributed by atoms with Crippen molar-refractivity contribution >= 4 is 11.8 Å². The molecule has 1 aromatic carbocycles. The first-order valence-corrected chi connectivity index (χ1v) is 6.35. The number of hydrogen-bond donors (Lipinski definition) is 1. The summed E-state index contributed by atoms with van der Waals surface area (Å²) in [6.45, 7) is 1.77. The molecular formula is C14H19N2O2+. The van der Waals surface area contributed by atoms with Crippen molar-refractivity contribution in [3.8, 4) is 0 Å². The number of carbonyl (C=O) groups is 2. The Bertz CT molecular complexity index is 431. The van der Waals surface area contributed by atoms with Crippen LogP contribution >= 0.6 is 0 Å². The van der Waals surface area contributed by atoms with Gasteiger partial charge in [-0.05, 0) is 6.42 Å². The van der Waals surface area contributed by atoms with Gasteiger partial charge in [0.1, 0.15) is 6.54 Å². The molecule has 0 spiro atoms. The van der Waals surface area contributed by atoms with Gasteiger partial charge in [0.2, 0.25) is 5.91 Å². The van der Waals surface area contributed by atoms with E-state index in [1.807, 2.05) is 25.2 Å². The second-order valence-electron chi connectivity index (χ2n) is 4.84. The SMILES string of the molecule is C[NH+](CC(=O)N1CCCC1=O)Cc1ccccc1. The van der Waals surface area contributed by atoms with Gasteiger partial charge in [-0.25, -0.2) is 0 Å². The van der Waals surface area contributed by atoms with E-state index in [1.165, 1.54) is 10.5 Å². The quantitative estimate of drug-likeness (QED) is 0.804. The number of quaternary nitrogens is 1. The Morgan fingerprint density at radius 1 is 1.33 bits per heavy atom. The van der Waals surface area contributed by atoms with Gasteiger partial charge in [0.05, 0.1) is 7.05 Å². The molecule has 1 N–H and O–H groups in total. The molecule has 1 unspecified atom stereocenters. The number of imide groups is 1. The number of rotatable bonds is 4. The van der Waals surface area contributed by atoms with E-state index in [4.69, 9.17) is 0 Å². The highest BCUT2D eigenvalue weighted by atomic mass is 16.2. The lowest BCUT2D eigenvalue weighted by Crippen LogP contribution is -3.08. The average molecular weight is 247 g/mol. The molecule has 0 aromatic heterocycles. The van der Waals surface area contributed by atoms with Crippen LogP contribution in [0.3, 0.4) is 0 Å². The van der Waals surface area contributed by atoms with Crippen molar-refractivity contribution in [2.75, 3.05) is 20.1 Å². The zero-order valence-electron chi connectivity index (χ0n) is 10.7. The molecule has 1 aliphatic heterocycles. The Morgan fingerprint density at radius 3 is 2.67 bits per heavy atom. The van der Waals surface area contributed by atoms with Gasteiger partial charge in [-0.1, -0.05) is 30.3 Å². The number of nitrogens with one attached hydrogen (secondary N) is 1. The van der Waals surface area contributed by atoms with E-state index in [-0.39, 0.29) is 11.8 Å². The number of hydrogen-bond acceptors (Lipinski definition) is 2. The van der Waals surface area contributed by atoms with Gasteiger partial charge in [-0.15, -0.1) is 0 Å². The molecule has 1 fully saturated rings. The van der Waals surface area contributed by atoms with Crippen LogP contribution in [-0.2, 0) is 16.1 Å². The average Bonchev–Trinajstić information content (AvgIpc) is 2.76. The largest absolute Gasteiger partial charge is 0.326 e. The lowest BCUT2D eigenvalue weighted by Gasteiger charge is -2.17. The number of nitrogens with zero attached hydrogens (tertiary/aromatic N) is 1. The molecule has 4 nitrogen and oxygen atoms in total. The van der Waals surface area contributed by atoms with E-state index in [9.17, 15) is 9.59 Å². The molecule has 4 heteroatoms. The Balaban J connectivity index is 1.86. The van der Waals surface area contributed by atoms with E-state index >= 15 is 0 Å². The molecule has 1 aliphatic rings. The summed E-state index contributed by atoms with van der Waals surface area (Å²) in [5.41, 5.74) is 1.20. The van der Waals surface area contributed by atoms with Crippen molar-refractivity contribution in [1.82, 2.24) is 4.90 Å². The first kappa shape index (κ1) is 12.8. The highest BCUT2D eigenvalue weighted by molar-refractivity contribution is 5.97. The summed E-state index contributed by atoms with van der Waals surface area (Å²) in [6, 6.07) is 10.1. The second-order valence-corrected chi connectivity index (χ2v) is 4.84. The zero-order chi connectivity index (χ0) is 13.0. The highest BCUT2D eigenvalue weighted by Gasteiger charge is 2.28. The maximum Gasteiger partial charge on any atom is 0.284 e. The molecule has 1 atom stereocenters. The summed E-state index contributed by atoms with van der Waals surface area (Å²) in [6.07, 6.45) is 1.33. The summed E-state index contributed by atoms with van der Waals surface area (Å²) in [5, 5.41) is 0. The lowest BCUT2D eigenvalue weighted by atomic mass is 10.2. The molecule has 96 valence electrons. The Labute approximate surface area is 107 Å². The van der Waals surface area contributed by atoms with Gasteiger partial charge >= 0.3 is 0 Å². The van der Waals surface area contributed by atoms with Gasteiger partial charge in [0, 0.05) is 18.5 Å². The summed E-state index contributed by atoms with van der Waals surface area (Å²) in [4.78, 5) is 25.9. The number of amides is 2. The van der Waals surface area contributed by atoms with E-state index < -0.39 is 0 Å². The molecule has 0 radical (unpaired) electrons. The third kappa shape index (κ3) is 3.17. The molecule has 1 aromatic rings. The van der Waals surface area contributed by atoms with Crippen LogP contribution in [0.25, 0.3) is 0 Å². The van der Waals surface area contributed by atoms with E-state index in [0.717, 1.165) is 17.9 Å². The Morgan fingerprint density at radius 2 is 2.06 bits per heavy atom. The van der Waals surface area contributed by atoms with Crippen molar-refractivity contribution in [2.45, 2.75) is 19.4 Å². The first-order chi connectivity index (χ1) is 8.66. The third-order valence-electron chi connectivity index (χ3n) is 3.18. The van der Waals surface area contributed by atoms with Crippen LogP contribution in [0.4, 0.5) is 0 Å². The van der Waals surface area contributed by atoms with Crippen molar-refractivity contribution in [1.29, 1.82) is 0 Å². The fraction of sp³-hybridized carbons (Fsp3) is 0.429. The topological polar surface area (TPSA) is 41.8 Å². The molecule has 0 bridgehead atoms. The minimum atomic E-state index is -0.0501. The van der Waals surface area contributed by atoms with Crippen molar-refractivity contribution in [2.24, 2.45) is 0 Å². The Hall–Kier alpha value is -1.68. The number of likely N-dealkylation sites (N-methyl/N-ethyl adjacent to an activating group) is 1. The third-order valence-corrected chi connectivity index (χ3v) is 3.18. The number of likely N-dealkylation sites (tertiary alicyclic amines) is 1. The van der Waals surface area contributed by atoms with Gasteiger partial charge in [-0.3, -0.25) is 14.5 Å². The highest BCUT2D eigenvalue weighted by Crippen LogP contribution is 2.08. The number of carbonyl (C=O) groups excluding carboxylic acids is 2. The smallest absolute Gasteiger partial charge is 0.284 e. The van der Waals surface area contributed by atoms with Crippen LogP contribution in [0, 0.1) is 0 Å². The minimum absolute atomic E-state index is 0.0208. The van der Waals surface area contributed by atoms with Gasteiger partial charge in [0.15, 0.2) is 6.54 Å². The predicted molar refractivity (Wildman–Crippen MR) is 67.9 cm³/mol.